The maximum Gasteiger partial charge on any atom is 0.384 e. The summed E-state index contributed by atoms with van der Waals surface area (Å²) in [6.45, 7) is 3.82. The summed E-state index contributed by atoms with van der Waals surface area (Å²) in [5, 5.41) is 9.28. The Labute approximate surface area is 72.7 Å². The summed E-state index contributed by atoms with van der Waals surface area (Å²) < 4.78 is 4.29. The summed E-state index contributed by atoms with van der Waals surface area (Å²) in [4.78, 5) is 10.5. The number of ether oxygens (including phenoxy) is 1. The summed E-state index contributed by atoms with van der Waals surface area (Å²) in [5.41, 5.74) is 0. The standard InChI is InChI=1S/C9H14O3/c1-4-7(2)8(10)5-6-9(11)12-3/h7-8,10H,4H2,1-3H3/t7?,8-/m0/s1. The van der Waals surface area contributed by atoms with Gasteiger partial charge in [-0.2, -0.15) is 0 Å². The predicted octanol–water partition coefficient (Wildman–Crippen LogP) is 0.570. The molecule has 0 aliphatic carbocycles. The number of esters is 1. The Morgan fingerprint density at radius 1 is 1.67 bits per heavy atom. The summed E-state index contributed by atoms with van der Waals surface area (Å²) in [5.74, 6) is 4.07. The van der Waals surface area contributed by atoms with Gasteiger partial charge in [-0.25, -0.2) is 4.79 Å². The fraction of sp³-hybridized carbons (Fsp3) is 0.667. The van der Waals surface area contributed by atoms with Crippen LogP contribution < -0.4 is 0 Å². The Hall–Kier alpha value is -1.01. The summed E-state index contributed by atoms with van der Waals surface area (Å²) >= 11 is 0. The highest BCUT2D eigenvalue weighted by atomic mass is 16.5. The Bertz CT molecular complexity index is 200. The summed E-state index contributed by atoms with van der Waals surface area (Å²) in [7, 11) is 1.26. The molecule has 0 bridgehead atoms. The molecular weight excluding hydrogens is 156 g/mol. The van der Waals surface area contributed by atoms with Crippen molar-refractivity contribution in [1.29, 1.82) is 0 Å². The molecule has 68 valence electrons. The Kier molecular flexibility index (Phi) is 5.14. The van der Waals surface area contributed by atoms with Gasteiger partial charge in [0.2, 0.25) is 0 Å². The smallest absolute Gasteiger partial charge is 0.384 e. The molecule has 0 aromatic heterocycles. The molecule has 0 saturated heterocycles. The van der Waals surface area contributed by atoms with E-state index in [0.29, 0.717) is 0 Å². The lowest BCUT2D eigenvalue weighted by Gasteiger charge is -2.09. The van der Waals surface area contributed by atoms with Gasteiger partial charge in [0.1, 0.15) is 6.10 Å². The molecule has 12 heavy (non-hydrogen) atoms. The molecule has 0 aromatic carbocycles. The molecule has 3 nitrogen and oxygen atoms in total. The number of methoxy groups -OCH3 is 1. The van der Waals surface area contributed by atoms with Gasteiger partial charge in [0.05, 0.1) is 7.11 Å². The van der Waals surface area contributed by atoms with E-state index in [-0.39, 0.29) is 5.92 Å². The average Bonchev–Trinajstić information content (AvgIpc) is 2.11. The normalized spacial score (nSPS) is 14.0. The molecule has 0 radical (unpaired) electrons. The zero-order valence-electron chi connectivity index (χ0n) is 7.63. The van der Waals surface area contributed by atoms with Crippen molar-refractivity contribution in [2.45, 2.75) is 26.4 Å². The van der Waals surface area contributed by atoms with Crippen LogP contribution in [0.25, 0.3) is 0 Å². The monoisotopic (exact) mass is 170 g/mol. The van der Waals surface area contributed by atoms with Crippen molar-refractivity contribution >= 4 is 5.97 Å². The molecule has 0 aromatic rings. The molecule has 0 saturated carbocycles. The summed E-state index contributed by atoms with van der Waals surface area (Å²) in [6.07, 6.45) is 0.0888. The van der Waals surface area contributed by atoms with Gasteiger partial charge in [-0.1, -0.05) is 26.2 Å². The highest BCUT2D eigenvalue weighted by Crippen LogP contribution is 2.05. The number of hydrogen-bond acceptors (Lipinski definition) is 3. The molecule has 1 unspecified atom stereocenters. The van der Waals surface area contributed by atoms with Crippen molar-refractivity contribution in [2.75, 3.05) is 7.11 Å². The van der Waals surface area contributed by atoms with Gasteiger partial charge in [-0.3, -0.25) is 0 Å². The number of aliphatic hydroxyl groups excluding tert-OH is 1. The van der Waals surface area contributed by atoms with Crippen LogP contribution in [0, 0.1) is 17.8 Å². The number of aliphatic hydroxyl groups is 1. The third-order valence-electron chi connectivity index (χ3n) is 1.69. The molecule has 0 rings (SSSR count). The van der Waals surface area contributed by atoms with E-state index >= 15 is 0 Å². The van der Waals surface area contributed by atoms with Crippen molar-refractivity contribution in [3.63, 3.8) is 0 Å². The molecule has 2 atom stereocenters. The molecule has 0 heterocycles. The molecule has 0 aliphatic heterocycles. The topological polar surface area (TPSA) is 46.5 Å². The van der Waals surface area contributed by atoms with Crippen molar-refractivity contribution in [1.82, 2.24) is 0 Å². The quantitative estimate of drug-likeness (QED) is 0.374. The zero-order chi connectivity index (χ0) is 9.56. The van der Waals surface area contributed by atoms with Gasteiger partial charge in [0.15, 0.2) is 0 Å². The predicted molar refractivity (Wildman–Crippen MR) is 45.3 cm³/mol. The maximum atomic E-state index is 10.5. The fourth-order valence-electron chi connectivity index (χ4n) is 0.549. The largest absolute Gasteiger partial charge is 0.459 e. The van der Waals surface area contributed by atoms with Crippen LogP contribution in [0.1, 0.15) is 20.3 Å². The minimum Gasteiger partial charge on any atom is -0.459 e. The number of carbonyl (C=O) groups excluding carboxylic acids is 1. The minimum absolute atomic E-state index is 0.0853. The van der Waals surface area contributed by atoms with Gasteiger partial charge < -0.3 is 9.84 Å². The van der Waals surface area contributed by atoms with E-state index in [1.165, 1.54) is 7.11 Å². The SMILES string of the molecule is CCC(C)[C@@H](O)C#CC(=O)OC. The van der Waals surface area contributed by atoms with Crippen LogP contribution in [0.2, 0.25) is 0 Å². The second-order valence-corrected chi connectivity index (χ2v) is 2.59. The summed E-state index contributed by atoms with van der Waals surface area (Å²) in [6, 6.07) is 0. The van der Waals surface area contributed by atoms with Crippen molar-refractivity contribution in [3.8, 4) is 11.8 Å². The zero-order valence-corrected chi connectivity index (χ0v) is 7.63. The van der Waals surface area contributed by atoms with Gasteiger partial charge in [-0.15, -0.1) is 0 Å². The van der Waals surface area contributed by atoms with E-state index in [1.807, 2.05) is 13.8 Å². The number of carbonyl (C=O) groups is 1. The van der Waals surface area contributed by atoms with Crippen LogP contribution in [0.15, 0.2) is 0 Å². The van der Waals surface area contributed by atoms with Crippen LogP contribution in [0.4, 0.5) is 0 Å². The van der Waals surface area contributed by atoms with Crippen molar-refractivity contribution < 1.29 is 14.6 Å². The van der Waals surface area contributed by atoms with Crippen LogP contribution in [0.3, 0.4) is 0 Å². The lowest BCUT2D eigenvalue weighted by Crippen LogP contribution is -2.14. The maximum absolute atomic E-state index is 10.5. The minimum atomic E-state index is -0.742. The van der Waals surface area contributed by atoms with Gasteiger partial charge in [0, 0.05) is 5.92 Å². The van der Waals surface area contributed by atoms with Crippen LogP contribution >= 0.6 is 0 Å². The first kappa shape index (κ1) is 11.0. The van der Waals surface area contributed by atoms with Gasteiger partial charge >= 0.3 is 5.97 Å². The Morgan fingerprint density at radius 3 is 2.67 bits per heavy atom. The molecule has 0 aliphatic rings. The van der Waals surface area contributed by atoms with Crippen molar-refractivity contribution in [2.24, 2.45) is 5.92 Å². The number of hydrogen-bond donors (Lipinski definition) is 1. The third kappa shape index (κ3) is 3.99. The van der Waals surface area contributed by atoms with Gasteiger partial charge in [0.25, 0.3) is 0 Å². The number of rotatable bonds is 2. The molecule has 0 spiro atoms. The lowest BCUT2D eigenvalue weighted by molar-refractivity contribution is -0.133. The first-order chi connectivity index (χ1) is 5.61. The fourth-order valence-corrected chi connectivity index (χ4v) is 0.549. The highest BCUT2D eigenvalue weighted by Gasteiger charge is 2.08. The lowest BCUT2D eigenvalue weighted by atomic mass is 10.0. The van der Waals surface area contributed by atoms with Crippen LogP contribution in [0.5, 0.6) is 0 Å². The van der Waals surface area contributed by atoms with E-state index in [1.54, 1.807) is 0 Å². The molecule has 0 fully saturated rings. The molecule has 1 N–H and O–H groups in total. The molecule has 3 heteroatoms. The molecule has 0 amide bonds. The van der Waals surface area contributed by atoms with Crippen LogP contribution in [-0.2, 0) is 9.53 Å². The van der Waals surface area contributed by atoms with E-state index in [2.05, 4.69) is 16.6 Å². The first-order valence-corrected chi connectivity index (χ1v) is 3.89. The first-order valence-electron chi connectivity index (χ1n) is 3.89. The van der Waals surface area contributed by atoms with Gasteiger partial charge in [-0.05, 0) is 5.92 Å². The van der Waals surface area contributed by atoms with Crippen molar-refractivity contribution in [3.05, 3.63) is 0 Å². The Morgan fingerprint density at radius 2 is 2.25 bits per heavy atom. The molecular formula is C9H14O3. The second kappa shape index (κ2) is 5.62. The van der Waals surface area contributed by atoms with E-state index in [4.69, 9.17) is 0 Å². The van der Waals surface area contributed by atoms with E-state index in [9.17, 15) is 9.90 Å². The second-order valence-electron chi connectivity index (χ2n) is 2.59. The van der Waals surface area contributed by atoms with Crippen LogP contribution in [-0.4, -0.2) is 24.3 Å². The average molecular weight is 170 g/mol. The Balaban J connectivity index is 4.02. The van der Waals surface area contributed by atoms with E-state index in [0.717, 1.165) is 6.42 Å². The van der Waals surface area contributed by atoms with E-state index < -0.39 is 12.1 Å². The highest BCUT2D eigenvalue weighted by molar-refractivity contribution is 5.88. The third-order valence-corrected chi connectivity index (χ3v) is 1.69.